The molecule has 1 aliphatic rings. The first kappa shape index (κ1) is 20.7. The van der Waals surface area contributed by atoms with E-state index >= 15 is 0 Å². The van der Waals surface area contributed by atoms with Crippen LogP contribution in [0.1, 0.15) is 30.9 Å². The number of carbonyl (C=O) groups is 1. The van der Waals surface area contributed by atoms with Gasteiger partial charge >= 0.3 is 5.97 Å². The monoisotopic (exact) mass is 384 g/mol. The summed E-state index contributed by atoms with van der Waals surface area (Å²) >= 11 is 0. The number of aliphatic carboxylic acids is 1. The number of aryl methyl sites for hydroxylation is 2. The second-order valence-electron chi connectivity index (χ2n) is 6.68. The van der Waals surface area contributed by atoms with Gasteiger partial charge in [0.1, 0.15) is 5.75 Å². The minimum Gasteiger partial charge on any atom is -0.496 e. The van der Waals surface area contributed by atoms with Crippen molar-refractivity contribution in [1.29, 1.82) is 0 Å². The highest BCUT2D eigenvalue weighted by Crippen LogP contribution is 2.29. The molecule has 0 aromatic heterocycles. The fourth-order valence-corrected chi connectivity index (χ4v) is 5.28. The van der Waals surface area contributed by atoms with Crippen molar-refractivity contribution in [3.8, 4) is 5.75 Å². The number of carboxylic acid groups (broad SMARTS) is 1. The molecular weight excluding hydrogens is 356 g/mol. The average molecular weight is 384 g/mol. The molecule has 1 aliphatic heterocycles. The molecule has 1 N–H and O–H groups in total. The van der Waals surface area contributed by atoms with Crippen molar-refractivity contribution in [2.75, 3.05) is 33.3 Å². The summed E-state index contributed by atoms with van der Waals surface area (Å²) in [7, 11) is -2.01. The van der Waals surface area contributed by atoms with Crippen molar-refractivity contribution in [1.82, 2.24) is 9.21 Å². The average Bonchev–Trinajstić information content (AvgIpc) is 2.61. The highest BCUT2D eigenvalue weighted by atomic mass is 32.2. The lowest BCUT2D eigenvalue weighted by Gasteiger charge is -2.37. The Balaban J connectivity index is 2.15. The van der Waals surface area contributed by atoms with Gasteiger partial charge in [-0.15, -0.1) is 0 Å². The molecule has 7 nitrogen and oxygen atoms in total. The third kappa shape index (κ3) is 4.36. The molecule has 1 saturated heterocycles. The molecule has 0 atom stereocenters. The van der Waals surface area contributed by atoms with Gasteiger partial charge in [0.15, 0.2) is 0 Å². The summed E-state index contributed by atoms with van der Waals surface area (Å²) in [6.07, 6.45) is 1.27. The van der Waals surface area contributed by atoms with Gasteiger partial charge in [0.2, 0.25) is 10.0 Å². The van der Waals surface area contributed by atoms with Gasteiger partial charge in [-0.05, 0) is 56.5 Å². The molecule has 0 bridgehead atoms. The molecule has 0 spiro atoms. The molecule has 8 heteroatoms. The Bertz CT molecular complexity index is 755. The smallest absolute Gasteiger partial charge is 0.317 e. The number of benzene rings is 1. The third-order valence-electron chi connectivity index (χ3n) is 4.99. The van der Waals surface area contributed by atoms with Crippen molar-refractivity contribution in [3.05, 3.63) is 23.3 Å². The summed E-state index contributed by atoms with van der Waals surface area (Å²) in [5.74, 6) is -0.182. The maximum absolute atomic E-state index is 13.1. The van der Waals surface area contributed by atoms with Crippen LogP contribution in [0.4, 0.5) is 0 Å². The Hall–Kier alpha value is -1.64. The van der Waals surface area contributed by atoms with Gasteiger partial charge in [-0.25, -0.2) is 8.42 Å². The lowest BCUT2D eigenvalue weighted by Crippen LogP contribution is -2.48. The summed E-state index contributed by atoms with van der Waals surface area (Å²) in [6.45, 7) is 6.95. The van der Waals surface area contributed by atoms with E-state index in [0.29, 0.717) is 48.7 Å². The van der Waals surface area contributed by atoms with Crippen LogP contribution in [0.15, 0.2) is 17.0 Å². The van der Waals surface area contributed by atoms with Crippen LogP contribution in [-0.4, -0.2) is 68.0 Å². The molecular formula is C18H28N2O5S. The number of piperidine rings is 1. The second kappa shape index (κ2) is 8.37. The maximum atomic E-state index is 13.1. The molecule has 1 aromatic carbocycles. The summed E-state index contributed by atoms with van der Waals surface area (Å²) in [5.41, 5.74) is 1.45. The van der Waals surface area contributed by atoms with E-state index in [1.54, 1.807) is 26.2 Å². The van der Waals surface area contributed by atoms with E-state index in [9.17, 15) is 13.2 Å². The van der Waals surface area contributed by atoms with Crippen molar-refractivity contribution < 1.29 is 23.1 Å². The van der Waals surface area contributed by atoms with Crippen molar-refractivity contribution in [3.63, 3.8) is 0 Å². The molecule has 0 aliphatic carbocycles. The van der Waals surface area contributed by atoms with Crippen LogP contribution in [0.2, 0.25) is 0 Å². The second-order valence-corrected chi connectivity index (χ2v) is 8.59. The summed E-state index contributed by atoms with van der Waals surface area (Å²) in [6, 6.07) is 3.51. The molecule has 1 aromatic rings. The van der Waals surface area contributed by atoms with Gasteiger partial charge in [0.25, 0.3) is 0 Å². The Labute approximate surface area is 155 Å². The first-order valence-electron chi connectivity index (χ1n) is 8.82. The SMILES string of the molecule is CCN(CC(=O)O)C1CCN(S(=O)(=O)c2cc(C)c(OC)cc2C)CC1. The van der Waals surface area contributed by atoms with Gasteiger partial charge in [0, 0.05) is 19.1 Å². The number of methoxy groups -OCH3 is 1. The lowest BCUT2D eigenvalue weighted by atomic mass is 10.0. The number of likely N-dealkylation sites (N-methyl/N-ethyl adjacent to an activating group) is 1. The van der Waals surface area contributed by atoms with Gasteiger partial charge in [-0.1, -0.05) is 6.92 Å². The molecule has 146 valence electrons. The van der Waals surface area contributed by atoms with E-state index in [4.69, 9.17) is 9.84 Å². The minimum absolute atomic E-state index is 0.00923. The third-order valence-corrected chi connectivity index (χ3v) is 7.04. The Morgan fingerprint density at radius 2 is 1.88 bits per heavy atom. The zero-order valence-electron chi connectivity index (χ0n) is 15.9. The molecule has 0 unspecified atom stereocenters. The minimum atomic E-state index is -3.58. The van der Waals surface area contributed by atoms with E-state index in [1.807, 2.05) is 18.7 Å². The van der Waals surface area contributed by atoms with E-state index in [-0.39, 0.29) is 12.6 Å². The summed E-state index contributed by atoms with van der Waals surface area (Å²) in [5, 5.41) is 9.02. The molecule has 2 rings (SSSR count). The Kier molecular flexibility index (Phi) is 6.65. The normalized spacial score (nSPS) is 16.8. The number of hydrogen-bond acceptors (Lipinski definition) is 5. The highest BCUT2D eigenvalue weighted by molar-refractivity contribution is 7.89. The molecule has 0 radical (unpaired) electrons. The van der Waals surface area contributed by atoms with Crippen LogP contribution in [0.5, 0.6) is 5.75 Å². The maximum Gasteiger partial charge on any atom is 0.317 e. The first-order chi connectivity index (χ1) is 12.2. The van der Waals surface area contributed by atoms with Gasteiger partial charge in [-0.3, -0.25) is 9.69 Å². The zero-order chi connectivity index (χ0) is 19.5. The zero-order valence-corrected chi connectivity index (χ0v) is 16.7. The topological polar surface area (TPSA) is 87.2 Å². The van der Waals surface area contributed by atoms with E-state index in [1.165, 1.54) is 4.31 Å². The number of ether oxygens (including phenoxy) is 1. The largest absolute Gasteiger partial charge is 0.496 e. The quantitative estimate of drug-likeness (QED) is 0.772. The predicted octanol–water partition coefficient (Wildman–Crippen LogP) is 1.87. The molecule has 0 saturated carbocycles. The Morgan fingerprint density at radius 1 is 1.27 bits per heavy atom. The number of rotatable bonds is 7. The summed E-state index contributed by atoms with van der Waals surface area (Å²) < 4.78 is 32.9. The van der Waals surface area contributed by atoms with Crippen LogP contribution in [0.3, 0.4) is 0 Å². The van der Waals surface area contributed by atoms with Gasteiger partial charge < -0.3 is 9.84 Å². The number of carboxylic acids is 1. The van der Waals surface area contributed by atoms with Crippen LogP contribution >= 0.6 is 0 Å². The van der Waals surface area contributed by atoms with Crippen LogP contribution in [0, 0.1) is 13.8 Å². The molecule has 1 heterocycles. The number of hydrogen-bond donors (Lipinski definition) is 1. The van der Waals surface area contributed by atoms with E-state index in [0.717, 1.165) is 5.56 Å². The fraction of sp³-hybridized carbons (Fsp3) is 0.611. The standard InChI is InChI=1S/C18H28N2O5S/c1-5-19(12-18(21)22)15-6-8-20(9-7-15)26(23,24)17-11-13(2)16(25-4)10-14(17)3/h10-11,15H,5-9,12H2,1-4H3,(H,21,22). The van der Waals surface area contributed by atoms with Crippen LogP contribution in [-0.2, 0) is 14.8 Å². The van der Waals surface area contributed by atoms with Crippen molar-refractivity contribution >= 4 is 16.0 Å². The molecule has 1 fully saturated rings. The fourth-order valence-electron chi connectivity index (χ4n) is 3.52. The molecule has 26 heavy (non-hydrogen) atoms. The lowest BCUT2D eigenvalue weighted by molar-refractivity contribution is -0.139. The Morgan fingerprint density at radius 3 is 2.38 bits per heavy atom. The molecule has 0 amide bonds. The van der Waals surface area contributed by atoms with Crippen molar-refractivity contribution in [2.45, 2.75) is 44.6 Å². The number of nitrogens with zero attached hydrogens (tertiary/aromatic N) is 2. The van der Waals surface area contributed by atoms with E-state index < -0.39 is 16.0 Å². The first-order valence-corrected chi connectivity index (χ1v) is 10.3. The predicted molar refractivity (Wildman–Crippen MR) is 99.1 cm³/mol. The van der Waals surface area contributed by atoms with Crippen LogP contribution in [0.25, 0.3) is 0 Å². The van der Waals surface area contributed by atoms with Crippen LogP contribution < -0.4 is 4.74 Å². The van der Waals surface area contributed by atoms with Crippen molar-refractivity contribution in [2.24, 2.45) is 0 Å². The van der Waals surface area contributed by atoms with Gasteiger partial charge in [0.05, 0.1) is 18.6 Å². The van der Waals surface area contributed by atoms with E-state index in [2.05, 4.69) is 0 Å². The summed E-state index contributed by atoms with van der Waals surface area (Å²) in [4.78, 5) is 13.2. The highest BCUT2D eigenvalue weighted by Gasteiger charge is 2.32. The van der Waals surface area contributed by atoms with Gasteiger partial charge in [-0.2, -0.15) is 4.31 Å². The number of sulfonamides is 1.